The number of hydrogen-bond acceptors (Lipinski definition) is 7. The minimum atomic E-state index is -4.19. The van der Waals surface area contributed by atoms with Gasteiger partial charge in [-0.25, -0.2) is 5.43 Å². The summed E-state index contributed by atoms with van der Waals surface area (Å²) >= 11 is 6.40. The van der Waals surface area contributed by atoms with Gasteiger partial charge in [-0.1, -0.05) is 90.0 Å². The van der Waals surface area contributed by atoms with Crippen LogP contribution in [0.25, 0.3) is 0 Å². The zero-order valence-corrected chi connectivity index (χ0v) is 23.3. The molecule has 206 valence electrons. The first-order valence-corrected chi connectivity index (χ1v) is 14.1. The summed E-state index contributed by atoms with van der Waals surface area (Å²) in [4.78, 5) is 13.2. The van der Waals surface area contributed by atoms with Crippen LogP contribution in [0, 0.1) is 6.92 Å². The molecule has 0 heterocycles. The Labute approximate surface area is 238 Å². The molecule has 8 nitrogen and oxygen atoms in total. The van der Waals surface area contributed by atoms with Gasteiger partial charge in [0, 0.05) is 0 Å². The van der Waals surface area contributed by atoms with Crippen LogP contribution >= 0.6 is 11.6 Å². The highest BCUT2D eigenvalue weighted by molar-refractivity contribution is 7.87. The third-order valence-electron chi connectivity index (χ3n) is 5.93. The van der Waals surface area contributed by atoms with Gasteiger partial charge in [0.05, 0.1) is 17.8 Å². The Morgan fingerprint density at radius 3 is 2.10 bits per heavy atom. The Kier molecular flexibility index (Phi) is 8.89. The van der Waals surface area contributed by atoms with E-state index in [4.69, 9.17) is 20.5 Å². The van der Waals surface area contributed by atoms with E-state index in [-0.39, 0.29) is 28.0 Å². The van der Waals surface area contributed by atoms with Gasteiger partial charge in [0.25, 0.3) is 5.91 Å². The SMILES string of the molecule is CCOc1cc(/C=N\NC(=O)C(O)(c2ccccc2)c2ccccc2)cc(Cl)c1OS(=O)(=O)c1ccc(C)cc1. The number of nitrogens with one attached hydrogen (secondary N) is 1. The number of hydrazone groups is 1. The number of nitrogens with zero attached hydrogens (tertiary/aromatic N) is 1. The van der Waals surface area contributed by atoms with Crippen LogP contribution in [0.3, 0.4) is 0 Å². The molecule has 40 heavy (non-hydrogen) atoms. The van der Waals surface area contributed by atoms with E-state index in [1.807, 2.05) is 6.92 Å². The van der Waals surface area contributed by atoms with Crippen molar-refractivity contribution in [2.24, 2.45) is 5.10 Å². The molecule has 0 aliphatic rings. The van der Waals surface area contributed by atoms with Crippen molar-refractivity contribution in [3.8, 4) is 11.5 Å². The van der Waals surface area contributed by atoms with Crippen LogP contribution in [0.2, 0.25) is 5.02 Å². The number of ether oxygens (including phenoxy) is 1. The lowest BCUT2D eigenvalue weighted by Gasteiger charge is -2.27. The van der Waals surface area contributed by atoms with Crippen molar-refractivity contribution in [1.82, 2.24) is 5.43 Å². The van der Waals surface area contributed by atoms with Crippen molar-refractivity contribution in [3.63, 3.8) is 0 Å². The van der Waals surface area contributed by atoms with Crippen molar-refractivity contribution >= 4 is 33.8 Å². The summed E-state index contributed by atoms with van der Waals surface area (Å²) < 4.78 is 36.6. The fourth-order valence-corrected chi connectivity index (χ4v) is 5.16. The summed E-state index contributed by atoms with van der Waals surface area (Å²) in [5.74, 6) is -0.877. The van der Waals surface area contributed by atoms with Crippen LogP contribution in [-0.4, -0.2) is 32.3 Å². The summed E-state index contributed by atoms with van der Waals surface area (Å²) in [6.45, 7) is 3.77. The van der Waals surface area contributed by atoms with Crippen LogP contribution in [0.1, 0.15) is 29.2 Å². The number of aliphatic hydroxyl groups is 1. The van der Waals surface area contributed by atoms with E-state index in [1.54, 1.807) is 79.7 Å². The van der Waals surface area contributed by atoms with Gasteiger partial charge >= 0.3 is 10.1 Å². The Morgan fingerprint density at radius 1 is 0.975 bits per heavy atom. The summed E-state index contributed by atoms with van der Waals surface area (Å²) in [6, 6.07) is 26.1. The van der Waals surface area contributed by atoms with Gasteiger partial charge in [0.2, 0.25) is 5.75 Å². The van der Waals surface area contributed by atoms with E-state index >= 15 is 0 Å². The van der Waals surface area contributed by atoms with E-state index in [0.29, 0.717) is 16.7 Å². The molecule has 0 saturated carbocycles. The molecule has 0 unspecified atom stereocenters. The summed E-state index contributed by atoms with van der Waals surface area (Å²) in [7, 11) is -4.19. The zero-order chi connectivity index (χ0) is 28.8. The molecule has 0 saturated heterocycles. The van der Waals surface area contributed by atoms with Crippen LogP contribution in [0.4, 0.5) is 0 Å². The smallest absolute Gasteiger partial charge is 0.339 e. The normalized spacial score (nSPS) is 11.8. The lowest BCUT2D eigenvalue weighted by Crippen LogP contribution is -2.43. The minimum absolute atomic E-state index is 0.0331. The number of aryl methyl sites for hydroxylation is 1. The molecule has 0 fully saturated rings. The summed E-state index contributed by atoms with van der Waals surface area (Å²) in [5.41, 5.74) is 2.40. The molecule has 4 aromatic rings. The zero-order valence-electron chi connectivity index (χ0n) is 21.7. The second-order valence-electron chi connectivity index (χ2n) is 8.76. The minimum Gasteiger partial charge on any atom is -0.490 e. The standard InChI is InChI=1S/C30H27ClN2O6S/c1-3-38-27-19-22(18-26(31)28(27)39-40(36,37)25-16-14-21(2)15-17-25)20-32-33-29(34)30(35,23-10-6-4-7-11-23)24-12-8-5-9-13-24/h4-20,35H,3H2,1-2H3,(H,33,34)/b32-20-. The first-order chi connectivity index (χ1) is 19.1. The molecule has 0 radical (unpaired) electrons. The molecule has 0 aliphatic heterocycles. The van der Waals surface area contributed by atoms with Crippen LogP contribution in [0.15, 0.2) is 107 Å². The van der Waals surface area contributed by atoms with E-state index in [2.05, 4.69) is 10.5 Å². The average Bonchev–Trinajstić information content (AvgIpc) is 2.95. The molecule has 1 amide bonds. The molecule has 0 aromatic heterocycles. The van der Waals surface area contributed by atoms with Gasteiger partial charge < -0.3 is 14.0 Å². The van der Waals surface area contributed by atoms with E-state index in [9.17, 15) is 18.3 Å². The number of hydrogen-bond donors (Lipinski definition) is 2. The fraction of sp³-hybridized carbons (Fsp3) is 0.133. The maximum absolute atomic E-state index is 13.2. The maximum atomic E-state index is 13.2. The quantitative estimate of drug-likeness (QED) is 0.152. The highest BCUT2D eigenvalue weighted by atomic mass is 35.5. The van der Waals surface area contributed by atoms with Gasteiger partial charge in [-0.05, 0) is 54.8 Å². The number of carbonyl (C=O) groups is 1. The van der Waals surface area contributed by atoms with Crippen LogP contribution < -0.4 is 14.3 Å². The first kappa shape index (κ1) is 28.8. The molecule has 0 bridgehead atoms. The van der Waals surface area contributed by atoms with Gasteiger partial charge in [0.1, 0.15) is 4.90 Å². The van der Waals surface area contributed by atoms with Gasteiger partial charge in [0.15, 0.2) is 11.4 Å². The topological polar surface area (TPSA) is 114 Å². The number of carbonyl (C=O) groups excluding carboxylic acids is 1. The molecular formula is C30H27ClN2O6S. The van der Waals surface area contributed by atoms with Crippen molar-refractivity contribution in [1.29, 1.82) is 0 Å². The second kappa shape index (κ2) is 12.3. The van der Waals surface area contributed by atoms with Crippen molar-refractivity contribution in [2.75, 3.05) is 6.61 Å². The van der Waals surface area contributed by atoms with Gasteiger partial charge in [-0.2, -0.15) is 13.5 Å². The monoisotopic (exact) mass is 578 g/mol. The Bertz CT molecular complexity index is 1570. The highest BCUT2D eigenvalue weighted by Crippen LogP contribution is 2.38. The van der Waals surface area contributed by atoms with Gasteiger partial charge in [-0.15, -0.1) is 0 Å². The number of amides is 1. The lowest BCUT2D eigenvalue weighted by molar-refractivity contribution is -0.136. The molecule has 0 spiro atoms. The first-order valence-electron chi connectivity index (χ1n) is 12.3. The summed E-state index contributed by atoms with van der Waals surface area (Å²) in [6.07, 6.45) is 1.29. The fourth-order valence-electron chi connectivity index (χ4n) is 3.90. The lowest BCUT2D eigenvalue weighted by atomic mass is 9.85. The molecule has 10 heteroatoms. The predicted octanol–water partition coefficient (Wildman–Crippen LogP) is 5.20. The summed E-state index contributed by atoms with van der Waals surface area (Å²) in [5, 5.41) is 15.5. The molecule has 0 aliphatic carbocycles. The Morgan fingerprint density at radius 2 is 1.55 bits per heavy atom. The van der Waals surface area contributed by atoms with Crippen LogP contribution in [-0.2, 0) is 20.5 Å². The predicted molar refractivity (Wildman–Crippen MR) is 153 cm³/mol. The largest absolute Gasteiger partial charge is 0.490 e. The molecule has 0 atom stereocenters. The maximum Gasteiger partial charge on any atom is 0.339 e. The highest BCUT2D eigenvalue weighted by Gasteiger charge is 2.39. The second-order valence-corrected chi connectivity index (χ2v) is 10.7. The van der Waals surface area contributed by atoms with E-state index in [1.165, 1.54) is 30.5 Å². The van der Waals surface area contributed by atoms with E-state index < -0.39 is 21.6 Å². The Balaban J connectivity index is 1.59. The molecular weight excluding hydrogens is 552 g/mol. The molecule has 4 rings (SSSR count). The van der Waals surface area contributed by atoms with Crippen molar-refractivity contribution in [2.45, 2.75) is 24.3 Å². The van der Waals surface area contributed by atoms with Crippen LogP contribution in [0.5, 0.6) is 11.5 Å². The van der Waals surface area contributed by atoms with Crippen molar-refractivity contribution in [3.05, 3.63) is 124 Å². The number of rotatable bonds is 10. The Hall–Kier alpha value is -4.18. The average molecular weight is 579 g/mol. The third-order valence-corrected chi connectivity index (χ3v) is 7.44. The number of benzene rings is 4. The van der Waals surface area contributed by atoms with Crippen molar-refractivity contribution < 1.29 is 27.2 Å². The third kappa shape index (κ3) is 6.34. The van der Waals surface area contributed by atoms with Gasteiger partial charge in [-0.3, -0.25) is 4.79 Å². The number of halogens is 1. The van der Waals surface area contributed by atoms with E-state index in [0.717, 1.165) is 5.56 Å². The molecule has 2 N–H and O–H groups in total. The molecule has 4 aromatic carbocycles.